The van der Waals surface area contributed by atoms with Crippen molar-refractivity contribution < 1.29 is 23.0 Å². The Morgan fingerprint density at radius 2 is 1.89 bits per heavy atom. The first-order valence-corrected chi connectivity index (χ1v) is 5.98. The molecular weight excluding hydrogens is 259 g/mol. The third kappa shape index (κ3) is 7.69. The van der Waals surface area contributed by atoms with E-state index >= 15 is 0 Å². The van der Waals surface area contributed by atoms with Crippen LogP contribution in [0.15, 0.2) is 30.3 Å². The molecule has 1 unspecified atom stereocenters. The van der Waals surface area contributed by atoms with Crippen LogP contribution in [0, 0.1) is 0 Å². The highest BCUT2D eigenvalue weighted by atomic mass is 19.4. The fourth-order valence-electron chi connectivity index (χ4n) is 1.53. The van der Waals surface area contributed by atoms with Crippen molar-refractivity contribution in [2.45, 2.75) is 18.7 Å². The quantitative estimate of drug-likeness (QED) is 0.830. The predicted octanol–water partition coefficient (Wildman–Crippen LogP) is 2.31. The molecule has 0 radical (unpaired) electrons. The molecule has 0 aliphatic rings. The molecule has 1 N–H and O–H groups in total. The van der Waals surface area contributed by atoms with Gasteiger partial charge in [-0.3, -0.25) is 0 Å². The molecule has 0 aliphatic carbocycles. The van der Waals surface area contributed by atoms with Gasteiger partial charge in [0.15, 0.2) is 0 Å². The van der Waals surface area contributed by atoms with E-state index in [9.17, 15) is 18.3 Å². The Morgan fingerprint density at radius 1 is 1.26 bits per heavy atom. The van der Waals surface area contributed by atoms with E-state index in [1.165, 1.54) is 11.9 Å². The van der Waals surface area contributed by atoms with Crippen LogP contribution < -0.4 is 4.74 Å². The highest BCUT2D eigenvalue weighted by Crippen LogP contribution is 2.19. The fraction of sp³-hybridized carbons (Fsp3) is 0.538. The average Bonchev–Trinajstić information content (AvgIpc) is 2.34. The Bertz CT molecular complexity index is 357. The van der Waals surface area contributed by atoms with Crippen molar-refractivity contribution in [2.24, 2.45) is 0 Å². The number of likely N-dealkylation sites (N-methyl/N-ethyl adjacent to an activating group) is 1. The molecule has 1 atom stereocenters. The lowest BCUT2D eigenvalue weighted by Gasteiger charge is -2.21. The molecule has 1 aromatic carbocycles. The van der Waals surface area contributed by atoms with Gasteiger partial charge < -0.3 is 14.7 Å². The Kier molecular flexibility index (Phi) is 6.11. The second kappa shape index (κ2) is 7.35. The number of hydrogen-bond acceptors (Lipinski definition) is 3. The maximum absolute atomic E-state index is 12.0. The van der Waals surface area contributed by atoms with Gasteiger partial charge in [-0.25, -0.2) is 0 Å². The summed E-state index contributed by atoms with van der Waals surface area (Å²) in [6.45, 7) is 0.0647. The minimum atomic E-state index is -4.17. The van der Waals surface area contributed by atoms with Crippen molar-refractivity contribution in [2.75, 3.05) is 26.7 Å². The normalized spacial score (nSPS) is 13.6. The van der Waals surface area contributed by atoms with Crippen LogP contribution in [-0.4, -0.2) is 49.0 Å². The van der Waals surface area contributed by atoms with E-state index in [0.717, 1.165) is 0 Å². The molecule has 3 nitrogen and oxygen atoms in total. The molecule has 19 heavy (non-hydrogen) atoms. The van der Waals surface area contributed by atoms with Crippen LogP contribution >= 0.6 is 0 Å². The van der Waals surface area contributed by atoms with E-state index in [4.69, 9.17) is 4.74 Å². The zero-order valence-corrected chi connectivity index (χ0v) is 10.7. The molecule has 0 heterocycles. The molecular formula is C13H18F3NO2. The van der Waals surface area contributed by atoms with Gasteiger partial charge in [0.25, 0.3) is 0 Å². The Morgan fingerprint density at radius 3 is 2.47 bits per heavy atom. The number of nitrogens with zero attached hydrogens (tertiary/aromatic N) is 1. The maximum Gasteiger partial charge on any atom is 0.390 e. The maximum atomic E-state index is 12.0. The van der Waals surface area contributed by atoms with Crippen molar-refractivity contribution in [1.82, 2.24) is 4.90 Å². The summed E-state index contributed by atoms with van der Waals surface area (Å²) < 4.78 is 41.3. The number of halogens is 3. The van der Waals surface area contributed by atoms with Crippen molar-refractivity contribution in [3.8, 4) is 5.75 Å². The highest BCUT2D eigenvalue weighted by molar-refractivity contribution is 5.20. The van der Waals surface area contributed by atoms with Gasteiger partial charge in [0.1, 0.15) is 18.5 Å². The summed E-state index contributed by atoms with van der Waals surface area (Å²) in [7, 11) is 1.54. The largest absolute Gasteiger partial charge is 0.491 e. The standard InChI is InChI=1S/C13H18F3NO2/c1-17(8-7-13(14,15)16)9-11(18)10-19-12-5-3-2-4-6-12/h2-6,11,18H,7-10H2,1H3. The zero-order chi connectivity index (χ0) is 14.3. The molecule has 0 amide bonds. The topological polar surface area (TPSA) is 32.7 Å². The van der Waals surface area contributed by atoms with E-state index < -0.39 is 18.7 Å². The van der Waals surface area contributed by atoms with Crippen LogP contribution in [0.5, 0.6) is 5.75 Å². The lowest BCUT2D eigenvalue weighted by atomic mass is 10.3. The summed E-state index contributed by atoms with van der Waals surface area (Å²) in [5.74, 6) is 0.625. The molecule has 0 aliphatic heterocycles. The van der Waals surface area contributed by atoms with Crippen LogP contribution in [0.2, 0.25) is 0 Å². The second-order valence-corrected chi connectivity index (χ2v) is 4.41. The molecule has 0 aromatic heterocycles. The first kappa shape index (κ1) is 15.8. The number of para-hydroxylation sites is 1. The van der Waals surface area contributed by atoms with Gasteiger partial charge in [-0.1, -0.05) is 18.2 Å². The molecule has 0 bridgehead atoms. The van der Waals surface area contributed by atoms with Crippen molar-refractivity contribution in [3.05, 3.63) is 30.3 Å². The number of benzene rings is 1. The van der Waals surface area contributed by atoms with Crippen molar-refractivity contribution >= 4 is 0 Å². The number of aliphatic hydroxyl groups is 1. The van der Waals surface area contributed by atoms with Crippen LogP contribution in [0.4, 0.5) is 13.2 Å². The Balaban J connectivity index is 2.21. The van der Waals surface area contributed by atoms with Crippen molar-refractivity contribution in [3.63, 3.8) is 0 Å². The van der Waals surface area contributed by atoms with Gasteiger partial charge >= 0.3 is 6.18 Å². The summed E-state index contributed by atoms with van der Waals surface area (Å²) in [5.41, 5.74) is 0. The minimum absolute atomic E-state index is 0.0559. The first-order valence-electron chi connectivity index (χ1n) is 5.98. The van der Waals surface area contributed by atoms with Gasteiger partial charge in [0.2, 0.25) is 0 Å². The summed E-state index contributed by atoms with van der Waals surface area (Å²) in [6.07, 6.45) is -5.87. The molecule has 0 fully saturated rings. The van der Waals surface area contributed by atoms with Gasteiger partial charge in [-0.15, -0.1) is 0 Å². The lowest BCUT2D eigenvalue weighted by Crippen LogP contribution is -2.35. The molecule has 0 spiro atoms. The number of alkyl halides is 3. The lowest BCUT2D eigenvalue weighted by molar-refractivity contribution is -0.138. The van der Waals surface area contributed by atoms with E-state index in [-0.39, 0.29) is 19.7 Å². The third-order valence-electron chi connectivity index (χ3n) is 2.49. The summed E-state index contributed by atoms with van der Waals surface area (Å²) >= 11 is 0. The van der Waals surface area contributed by atoms with E-state index in [1.54, 1.807) is 24.3 Å². The SMILES string of the molecule is CN(CCC(F)(F)F)CC(O)COc1ccccc1. The van der Waals surface area contributed by atoms with E-state index in [0.29, 0.717) is 5.75 Å². The minimum Gasteiger partial charge on any atom is -0.491 e. The van der Waals surface area contributed by atoms with Gasteiger partial charge in [0, 0.05) is 13.1 Å². The molecule has 1 rings (SSSR count). The number of rotatable bonds is 7. The monoisotopic (exact) mass is 277 g/mol. The molecule has 0 saturated carbocycles. The first-order chi connectivity index (χ1) is 8.87. The van der Waals surface area contributed by atoms with E-state index in [1.807, 2.05) is 6.07 Å². The summed E-state index contributed by atoms with van der Waals surface area (Å²) in [6, 6.07) is 8.95. The van der Waals surface area contributed by atoms with Gasteiger partial charge in [-0.2, -0.15) is 13.2 Å². The van der Waals surface area contributed by atoms with Gasteiger partial charge in [-0.05, 0) is 19.2 Å². The summed E-state index contributed by atoms with van der Waals surface area (Å²) in [4.78, 5) is 1.44. The number of aliphatic hydroxyl groups excluding tert-OH is 1. The number of ether oxygens (including phenoxy) is 1. The molecule has 0 saturated heterocycles. The Labute approximate surface area is 110 Å². The highest BCUT2D eigenvalue weighted by Gasteiger charge is 2.27. The second-order valence-electron chi connectivity index (χ2n) is 4.41. The van der Waals surface area contributed by atoms with Crippen LogP contribution in [-0.2, 0) is 0 Å². The fourth-order valence-corrected chi connectivity index (χ4v) is 1.53. The van der Waals surface area contributed by atoms with Gasteiger partial charge in [0.05, 0.1) is 6.42 Å². The smallest absolute Gasteiger partial charge is 0.390 e. The van der Waals surface area contributed by atoms with Crippen LogP contribution in [0.3, 0.4) is 0 Å². The van der Waals surface area contributed by atoms with Crippen LogP contribution in [0.25, 0.3) is 0 Å². The average molecular weight is 277 g/mol. The van der Waals surface area contributed by atoms with Crippen molar-refractivity contribution in [1.29, 1.82) is 0 Å². The van der Waals surface area contributed by atoms with E-state index in [2.05, 4.69) is 0 Å². The number of hydrogen-bond donors (Lipinski definition) is 1. The van der Waals surface area contributed by atoms with Crippen LogP contribution in [0.1, 0.15) is 6.42 Å². The predicted molar refractivity (Wildman–Crippen MR) is 66.1 cm³/mol. The Hall–Kier alpha value is -1.27. The third-order valence-corrected chi connectivity index (χ3v) is 2.49. The summed E-state index contributed by atoms with van der Waals surface area (Å²) in [5, 5.41) is 9.66. The molecule has 108 valence electrons. The molecule has 1 aromatic rings. The molecule has 6 heteroatoms. The zero-order valence-electron chi connectivity index (χ0n) is 10.7.